The molecule has 2 fully saturated rings. The molecule has 4 heteroatoms. The number of carbonyl (C=O) groups excluding carboxylic acids is 1. The van der Waals surface area contributed by atoms with Gasteiger partial charge >= 0.3 is 0 Å². The molecule has 0 aromatic carbocycles. The molecule has 2 N–H and O–H groups in total. The smallest absolute Gasteiger partial charge is 0.249 e. The molecular formula is C8H14N2O2. The van der Waals surface area contributed by atoms with Crippen LogP contribution in [0, 0.1) is 0 Å². The molecule has 1 amide bonds. The van der Waals surface area contributed by atoms with E-state index in [9.17, 15) is 4.79 Å². The minimum Gasteiger partial charge on any atom is -0.326 e. The van der Waals surface area contributed by atoms with Gasteiger partial charge in [-0.2, -0.15) is 0 Å². The normalized spacial score (nSPS) is 28.2. The maximum atomic E-state index is 11.3. The molecule has 0 aromatic heterocycles. The van der Waals surface area contributed by atoms with Crippen LogP contribution in [0.4, 0.5) is 0 Å². The summed E-state index contributed by atoms with van der Waals surface area (Å²) in [5, 5.41) is 1.43. The molecule has 1 heterocycles. The predicted molar refractivity (Wildman–Crippen MR) is 43.0 cm³/mol. The first-order valence-corrected chi connectivity index (χ1v) is 4.36. The highest BCUT2D eigenvalue weighted by Gasteiger charge is 2.54. The first kappa shape index (κ1) is 8.01. The summed E-state index contributed by atoms with van der Waals surface area (Å²) >= 11 is 0. The summed E-state index contributed by atoms with van der Waals surface area (Å²) < 4.78 is 0. The van der Waals surface area contributed by atoms with Crippen molar-refractivity contribution in [3.63, 3.8) is 0 Å². The van der Waals surface area contributed by atoms with Crippen molar-refractivity contribution in [2.75, 3.05) is 6.54 Å². The molecule has 1 unspecified atom stereocenters. The molecule has 0 radical (unpaired) electrons. The second-order valence-corrected chi connectivity index (χ2v) is 3.88. The van der Waals surface area contributed by atoms with Gasteiger partial charge in [0.15, 0.2) is 0 Å². The molecule has 1 atom stereocenters. The lowest BCUT2D eigenvalue weighted by Crippen LogP contribution is -2.35. The SMILES string of the molecule is CC(N)CN1OC2(CC2)CC1=O. The molecule has 1 saturated heterocycles. The van der Waals surface area contributed by atoms with E-state index in [2.05, 4.69) is 0 Å². The third-order valence-corrected chi connectivity index (χ3v) is 2.32. The second-order valence-electron chi connectivity index (χ2n) is 3.88. The summed E-state index contributed by atoms with van der Waals surface area (Å²) in [7, 11) is 0. The molecule has 12 heavy (non-hydrogen) atoms. The summed E-state index contributed by atoms with van der Waals surface area (Å²) in [5.74, 6) is 0.0878. The Kier molecular flexibility index (Phi) is 1.63. The van der Waals surface area contributed by atoms with Crippen LogP contribution in [0.3, 0.4) is 0 Å². The largest absolute Gasteiger partial charge is 0.326 e. The Hall–Kier alpha value is -0.610. The maximum Gasteiger partial charge on any atom is 0.249 e. The molecule has 0 bridgehead atoms. The summed E-state index contributed by atoms with van der Waals surface area (Å²) in [5.41, 5.74) is 5.46. The number of hydroxylamine groups is 2. The summed E-state index contributed by atoms with van der Waals surface area (Å²) in [6.07, 6.45) is 2.60. The van der Waals surface area contributed by atoms with Crippen LogP contribution in [-0.4, -0.2) is 29.2 Å². The van der Waals surface area contributed by atoms with Gasteiger partial charge in [-0.25, -0.2) is 5.06 Å². The van der Waals surface area contributed by atoms with Gasteiger partial charge in [-0.15, -0.1) is 0 Å². The monoisotopic (exact) mass is 170 g/mol. The zero-order valence-corrected chi connectivity index (χ0v) is 7.25. The van der Waals surface area contributed by atoms with Gasteiger partial charge in [-0.1, -0.05) is 0 Å². The van der Waals surface area contributed by atoms with Crippen molar-refractivity contribution in [3.05, 3.63) is 0 Å². The van der Waals surface area contributed by atoms with Crippen LogP contribution in [0.2, 0.25) is 0 Å². The van der Waals surface area contributed by atoms with Gasteiger partial charge in [-0.05, 0) is 19.8 Å². The van der Waals surface area contributed by atoms with Crippen LogP contribution in [0.15, 0.2) is 0 Å². The third kappa shape index (κ3) is 1.32. The first-order valence-electron chi connectivity index (χ1n) is 4.36. The fraction of sp³-hybridized carbons (Fsp3) is 0.875. The van der Waals surface area contributed by atoms with Gasteiger partial charge in [0.25, 0.3) is 0 Å². The average molecular weight is 170 g/mol. The van der Waals surface area contributed by atoms with Crippen LogP contribution in [0.25, 0.3) is 0 Å². The van der Waals surface area contributed by atoms with Crippen LogP contribution >= 0.6 is 0 Å². The molecule has 4 nitrogen and oxygen atoms in total. The summed E-state index contributed by atoms with van der Waals surface area (Å²) in [4.78, 5) is 16.8. The van der Waals surface area contributed by atoms with Gasteiger partial charge < -0.3 is 5.73 Å². The molecule has 1 spiro atoms. The first-order chi connectivity index (χ1) is 5.61. The zero-order chi connectivity index (χ0) is 8.77. The Bertz CT molecular complexity index is 211. The number of amides is 1. The van der Waals surface area contributed by atoms with E-state index in [-0.39, 0.29) is 17.6 Å². The van der Waals surface area contributed by atoms with Crippen LogP contribution in [-0.2, 0) is 9.63 Å². The van der Waals surface area contributed by atoms with Crippen molar-refractivity contribution in [1.82, 2.24) is 5.06 Å². The van der Waals surface area contributed by atoms with E-state index in [1.807, 2.05) is 6.92 Å². The number of hydrogen-bond acceptors (Lipinski definition) is 3. The summed E-state index contributed by atoms with van der Waals surface area (Å²) in [6.45, 7) is 2.38. The van der Waals surface area contributed by atoms with Crippen molar-refractivity contribution >= 4 is 5.91 Å². The lowest BCUT2D eigenvalue weighted by molar-refractivity contribution is -0.178. The highest BCUT2D eigenvalue weighted by Crippen LogP contribution is 2.47. The van der Waals surface area contributed by atoms with E-state index in [4.69, 9.17) is 10.6 Å². The van der Waals surface area contributed by atoms with E-state index in [1.165, 1.54) is 5.06 Å². The number of nitrogens with zero attached hydrogens (tertiary/aromatic N) is 1. The standard InChI is InChI=1S/C8H14N2O2/c1-6(9)5-10-7(11)4-8(12-10)2-3-8/h6H,2-5,9H2,1H3. The quantitative estimate of drug-likeness (QED) is 0.636. The molecule has 1 aliphatic carbocycles. The zero-order valence-electron chi connectivity index (χ0n) is 7.25. The van der Waals surface area contributed by atoms with Gasteiger partial charge in [0.05, 0.1) is 13.0 Å². The molecule has 0 aromatic rings. The minimum absolute atomic E-state index is 0.0112. The van der Waals surface area contributed by atoms with E-state index in [0.29, 0.717) is 13.0 Å². The minimum atomic E-state index is -0.105. The van der Waals surface area contributed by atoms with E-state index in [1.54, 1.807) is 0 Å². The number of rotatable bonds is 2. The predicted octanol–water partition coefficient (Wildman–Crippen LogP) is 0.0301. The highest BCUT2D eigenvalue weighted by molar-refractivity contribution is 5.78. The fourth-order valence-corrected chi connectivity index (χ4v) is 1.49. The molecular weight excluding hydrogens is 156 g/mol. The number of carbonyl (C=O) groups is 1. The Morgan fingerprint density at radius 1 is 1.75 bits per heavy atom. The van der Waals surface area contributed by atoms with Crippen LogP contribution in [0.1, 0.15) is 26.2 Å². The molecule has 68 valence electrons. The lowest BCUT2D eigenvalue weighted by atomic mass is 10.2. The Morgan fingerprint density at radius 3 is 2.83 bits per heavy atom. The van der Waals surface area contributed by atoms with Gasteiger partial charge in [0, 0.05) is 6.04 Å². The van der Waals surface area contributed by atoms with Crippen molar-refractivity contribution in [1.29, 1.82) is 0 Å². The maximum absolute atomic E-state index is 11.3. The van der Waals surface area contributed by atoms with E-state index < -0.39 is 0 Å². The topological polar surface area (TPSA) is 55.6 Å². The van der Waals surface area contributed by atoms with Crippen molar-refractivity contribution < 1.29 is 9.63 Å². The Labute approximate surface area is 71.6 Å². The van der Waals surface area contributed by atoms with Crippen molar-refractivity contribution in [3.8, 4) is 0 Å². The van der Waals surface area contributed by atoms with E-state index in [0.717, 1.165) is 12.8 Å². The van der Waals surface area contributed by atoms with Crippen molar-refractivity contribution in [2.45, 2.75) is 37.8 Å². The van der Waals surface area contributed by atoms with Gasteiger partial charge in [0.2, 0.25) is 5.91 Å². The highest BCUT2D eigenvalue weighted by atomic mass is 16.7. The van der Waals surface area contributed by atoms with Gasteiger partial charge in [-0.3, -0.25) is 9.63 Å². The molecule has 2 aliphatic rings. The third-order valence-electron chi connectivity index (χ3n) is 2.32. The van der Waals surface area contributed by atoms with E-state index >= 15 is 0 Å². The fourth-order valence-electron chi connectivity index (χ4n) is 1.49. The Balaban J connectivity index is 1.95. The second kappa shape index (κ2) is 2.44. The average Bonchev–Trinajstić information content (AvgIpc) is 2.59. The molecule has 2 rings (SSSR count). The van der Waals surface area contributed by atoms with Gasteiger partial charge in [0.1, 0.15) is 5.60 Å². The Morgan fingerprint density at radius 2 is 2.42 bits per heavy atom. The van der Waals surface area contributed by atoms with Crippen LogP contribution < -0.4 is 5.73 Å². The number of hydrogen-bond donors (Lipinski definition) is 1. The van der Waals surface area contributed by atoms with Crippen molar-refractivity contribution in [2.24, 2.45) is 5.73 Å². The van der Waals surface area contributed by atoms with Crippen LogP contribution in [0.5, 0.6) is 0 Å². The lowest BCUT2D eigenvalue weighted by Gasteiger charge is -2.17. The molecule has 1 aliphatic heterocycles. The molecule has 1 saturated carbocycles. The summed E-state index contributed by atoms with van der Waals surface area (Å²) in [6, 6.07) is -0.0112. The number of nitrogens with two attached hydrogens (primary N) is 1.